The van der Waals surface area contributed by atoms with Crippen molar-refractivity contribution in [3.8, 4) is 0 Å². The molecule has 0 unspecified atom stereocenters. The molecule has 21 heavy (non-hydrogen) atoms. The van der Waals surface area contributed by atoms with E-state index < -0.39 is 23.6 Å². The number of esters is 1. The third-order valence-electron chi connectivity index (χ3n) is 2.31. The van der Waals surface area contributed by atoms with Crippen LogP contribution in [-0.2, 0) is 14.3 Å². The van der Waals surface area contributed by atoms with E-state index in [-0.39, 0.29) is 13.2 Å². The van der Waals surface area contributed by atoms with Gasteiger partial charge in [-0.3, -0.25) is 0 Å². The first-order valence-electron chi connectivity index (χ1n) is 6.33. The Labute approximate surface area is 120 Å². The lowest BCUT2D eigenvalue weighted by atomic mass is 10.2. The Morgan fingerprint density at radius 2 is 1.67 bits per heavy atom. The van der Waals surface area contributed by atoms with Crippen LogP contribution in [0.5, 0.6) is 0 Å². The van der Waals surface area contributed by atoms with E-state index in [4.69, 9.17) is 4.74 Å². The van der Waals surface area contributed by atoms with Crippen LogP contribution in [0.3, 0.4) is 0 Å². The number of alkyl halides is 3. The largest absolute Gasteiger partial charge is 0.479 e. The molecular formula is C14H16F3NO3. The number of anilines is 1. The van der Waals surface area contributed by atoms with Gasteiger partial charge in [0, 0.05) is 5.69 Å². The Balaban J connectivity index is 3.23. The summed E-state index contributed by atoms with van der Waals surface area (Å²) < 4.78 is 48.7. The van der Waals surface area contributed by atoms with Crippen LogP contribution in [0.2, 0.25) is 0 Å². The predicted molar refractivity (Wildman–Crippen MR) is 71.4 cm³/mol. The van der Waals surface area contributed by atoms with E-state index in [0.717, 1.165) is 0 Å². The first-order valence-corrected chi connectivity index (χ1v) is 6.33. The summed E-state index contributed by atoms with van der Waals surface area (Å²) in [6, 6.07) is 8.11. The van der Waals surface area contributed by atoms with Gasteiger partial charge in [0.05, 0.1) is 13.2 Å². The molecule has 0 amide bonds. The van der Waals surface area contributed by atoms with Gasteiger partial charge in [-0.25, -0.2) is 4.79 Å². The van der Waals surface area contributed by atoms with Crippen molar-refractivity contribution in [1.82, 2.24) is 0 Å². The Morgan fingerprint density at radius 3 is 2.14 bits per heavy atom. The van der Waals surface area contributed by atoms with E-state index in [1.165, 1.54) is 13.8 Å². The zero-order valence-electron chi connectivity index (χ0n) is 11.7. The van der Waals surface area contributed by atoms with Gasteiger partial charge in [0.25, 0.3) is 0 Å². The molecule has 0 aliphatic carbocycles. The summed E-state index contributed by atoms with van der Waals surface area (Å²) in [6.07, 6.45) is -4.89. The molecule has 0 spiro atoms. The van der Waals surface area contributed by atoms with Gasteiger partial charge in [-0.15, -0.1) is 0 Å². The standard InChI is InChI=1S/C14H16F3NO3/c1-3-20-12(18-10-8-6-5-7-9-10)11(14(15,16)17)13(19)21-4-2/h5-9,18H,3-4H2,1-2H3/b12-11+. The molecule has 0 saturated carbocycles. The summed E-state index contributed by atoms with van der Waals surface area (Å²) in [7, 11) is 0. The van der Waals surface area contributed by atoms with Crippen LogP contribution in [0.15, 0.2) is 41.8 Å². The van der Waals surface area contributed by atoms with Gasteiger partial charge in [-0.1, -0.05) is 18.2 Å². The molecule has 0 atom stereocenters. The van der Waals surface area contributed by atoms with Crippen molar-refractivity contribution in [3.05, 3.63) is 41.8 Å². The first kappa shape index (κ1) is 16.9. The van der Waals surface area contributed by atoms with Gasteiger partial charge in [0.1, 0.15) is 0 Å². The number of para-hydroxylation sites is 1. The normalized spacial score (nSPS) is 12.4. The molecule has 7 heteroatoms. The zero-order valence-corrected chi connectivity index (χ0v) is 11.7. The molecule has 1 N–H and O–H groups in total. The summed E-state index contributed by atoms with van der Waals surface area (Å²) in [5, 5.41) is 2.46. The molecule has 0 aliphatic heterocycles. The molecule has 0 bridgehead atoms. The second-order valence-corrected chi connectivity index (χ2v) is 3.85. The summed E-state index contributed by atoms with van der Waals surface area (Å²) >= 11 is 0. The zero-order chi connectivity index (χ0) is 15.9. The van der Waals surface area contributed by atoms with Crippen LogP contribution in [0.25, 0.3) is 0 Å². The maximum atomic E-state index is 13.1. The molecule has 1 aromatic carbocycles. The van der Waals surface area contributed by atoms with Crippen molar-refractivity contribution in [3.63, 3.8) is 0 Å². The number of benzene rings is 1. The second kappa shape index (κ2) is 7.56. The van der Waals surface area contributed by atoms with E-state index in [2.05, 4.69) is 10.1 Å². The third-order valence-corrected chi connectivity index (χ3v) is 2.31. The highest BCUT2D eigenvalue weighted by Crippen LogP contribution is 2.30. The minimum absolute atomic E-state index is 0.0336. The van der Waals surface area contributed by atoms with Crippen LogP contribution in [0.1, 0.15) is 13.8 Å². The fourth-order valence-corrected chi connectivity index (χ4v) is 1.51. The lowest BCUT2D eigenvalue weighted by Gasteiger charge is -2.18. The van der Waals surface area contributed by atoms with Gasteiger partial charge in [-0.05, 0) is 26.0 Å². The van der Waals surface area contributed by atoms with Crippen molar-refractivity contribution in [2.75, 3.05) is 18.5 Å². The highest BCUT2D eigenvalue weighted by molar-refractivity contribution is 5.91. The number of halogens is 3. The average Bonchev–Trinajstić information content (AvgIpc) is 2.39. The topological polar surface area (TPSA) is 47.6 Å². The van der Waals surface area contributed by atoms with Crippen LogP contribution < -0.4 is 5.32 Å². The van der Waals surface area contributed by atoms with Crippen molar-refractivity contribution in [2.24, 2.45) is 0 Å². The molecule has 116 valence electrons. The number of ether oxygens (including phenoxy) is 2. The van der Waals surface area contributed by atoms with E-state index in [9.17, 15) is 18.0 Å². The number of carbonyl (C=O) groups is 1. The van der Waals surface area contributed by atoms with Gasteiger partial charge >= 0.3 is 12.1 Å². The molecule has 0 saturated heterocycles. The minimum atomic E-state index is -4.89. The van der Waals surface area contributed by atoms with Gasteiger partial charge < -0.3 is 14.8 Å². The monoisotopic (exact) mass is 303 g/mol. The SMILES string of the molecule is CCOC(=O)/C(=C(/Nc1ccccc1)OCC)C(F)(F)F. The molecule has 0 fully saturated rings. The van der Waals surface area contributed by atoms with Crippen LogP contribution in [-0.4, -0.2) is 25.4 Å². The minimum Gasteiger partial charge on any atom is -0.479 e. The maximum Gasteiger partial charge on any atom is 0.428 e. The molecule has 4 nitrogen and oxygen atoms in total. The van der Waals surface area contributed by atoms with Gasteiger partial charge in [0.2, 0.25) is 11.5 Å². The molecule has 1 aromatic rings. The Bertz CT molecular complexity index is 498. The average molecular weight is 303 g/mol. The number of rotatable bonds is 6. The lowest BCUT2D eigenvalue weighted by molar-refractivity contribution is -0.151. The summed E-state index contributed by atoms with van der Waals surface area (Å²) in [5.74, 6) is -2.15. The van der Waals surface area contributed by atoms with Crippen LogP contribution >= 0.6 is 0 Å². The molecule has 0 radical (unpaired) electrons. The van der Waals surface area contributed by atoms with Crippen molar-refractivity contribution < 1.29 is 27.4 Å². The van der Waals surface area contributed by atoms with E-state index in [1.807, 2.05) is 0 Å². The van der Waals surface area contributed by atoms with E-state index >= 15 is 0 Å². The Kier molecular flexibility index (Phi) is 6.08. The predicted octanol–water partition coefficient (Wildman–Crippen LogP) is 3.47. The van der Waals surface area contributed by atoms with Crippen molar-refractivity contribution in [1.29, 1.82) is 0 Å². The highest BCUT2D eigenvalue weighted by atomic mass is 19.4. The van der Waals surface area contributed by atoms with E-state index in [1.54, 1.807) is 30.3 Å². The molecule has 0 aromatic heterocycles. The molecule has 1 rings (SSSR count). The Hall–Kier alpha value is -2.18. The van der Waals surface area contributed by atoms with Gasteiger partial charge in [-0.2, -0.15) is 13.2 Å². The number of nitrogens with one attached hydrogen (secondary N) is 1. The fraction of sp³-hybridized carbons (Fsp3) is 0.357. The summed E-state index contributed by atoms with van der Waals surface area (Å²) in [5.41, 5.74) is -1.12. The van der Waals surface area contributed by atoms with Crippen molar-refractivity contribution in [2.45, 2.75) is 20.0 Å². The van der Waals surface area contributed by atoms with Crippen LogP contribution in [0, 0.1) is 0 Å². The summed E-state index contributed by atoms with van der Waals surface area (Å²) in [4.78, 5) is 11.6. The molecule has 0 heterocycles. The molecule has 0 aliphatic rings. The number of hydrogen-bond acceptors (Lipinski definition) is 4. The highest BCUT2D eigenvalue weighted by Gasteiger charge is 2.44. The number of hydrogen-bond donors (Lipinski definition) is 1. The summed E-state index contributed by atoms with van der Waals surface area (Å²) in [6.45, 7) is 2.75. The number of carbonyl (C=O) groups excluding carboxylic acids is 1. The van der Waals surface area contributed by atoms with Crippen LogP contribution in [0.4, 0.5) is 18.9 Å². The quantitative estimate of drug-likeness (QED) is 0.496. The maximum absolute atomic E-state index is 13.1. The van der Waals surface area contributed by atoms with Crippen molar-refractivity contribution >= 4 is 11.7 Å². The fourth-order valence-electron chi connectivity index (χ4n) is 1.51. The smallest absolute Gasteiger partial charge is 0.428 e. The first-order chi connectivity index (χ1) is 9.90. The second-order valence-electron chi connectivity index (χ2n) is 3.85. The molecular weight excluding hydrogens is 287 g/mol. The lowest BCUT2D eigenvalue weighted by Crippen LogP contribution is -2.27. The van der Waals surface area contributed by atoms with E-state index in [0.29, 0.717) is 5.69 Å². The van der Waals surface area contributed by atoms with Gasteiger partial charge in [0.15, 0.2) is 0 Å². The third kappa shape index (κ3) is 5.02. The Morgan fingerprint density at radius 1 is 1.10 bits per heavy atom.